The zero-order valence-corrected chi connectivity index (χ0v) is 6.08. The Morgan fingerprint density at radius 2 is 2.00 bits per heavy atom. The summed E-state index contributed by atoms with van der Waals surface area (Å²) in [6, 6.07) is 0. The van der Waals surface area contributed by atoms with Crippen LogP contribution >= 0.6 is 10.5 Å². The lowest BCUT2D eigenvalue weighted by Gasteiger charge is -2.23. The second-order valence-electron chi connectivity index (χ2n) is 1.93. The van der Waals surface area contributed by atoms with Crippen LogP contribution in [-0.4, -0.2) is 23.0 Å². The van der Waals surface area contributed by atoms with Crippen LogP contribution in [-0.2, 0) is 4.79 Å². The molecule has 3 nitrogen and oxygen atoms in total. The quantitative estimate of drug-likeness (QED) is 0.555. The fraction of sp³-hybridized carbons (Fsp3) is 0.750. The fourth-order valence-electron chi connectivity index (χ4n) is 0.352. The van der Waals surface area contributed by atoms with Crippen molar-refractivity contribution < 1.29 is 9.35 Å². The highest BCUT2D eigenvalue weighted by Crippen LogP contribution is 2.26. The van der Waals surface area contributed by atoms with Crippen molar-refractivity contribution in [3.8, 4) is 0 Å². The number of rotatable bonds is 1. The van der Waals surface area contributed by atoms with Crippen LogP contribution in [0.3, 0.4) is 0 Å². The van der Waals surface area contributed by atoms with Crippen LogP contribution in [0.1, 0.15) is 6.92 Å². The molecule has 0 rings (SSSR count). The zero-order valence-electron chi connectivity index (χ0n) is 5.26. The lowest BCUT2D eigenvalue weighted by molar-refractivity contribution is -0.117. The van der Waals surface area contributed by atoms with Crippen molar-refractivity contribution in [2.75, 3.05) is 12.5 Å². The Bertz CT molecular complexity index is 96.7. The molecule has 0 radical (unpaired) electrons. The second-order valence-corrected chi connectivity index (χ2v) is 4.68. The van der Waals surface area contributed by atoms with Crippen LogP contribution in [0.2, 0.25) is 0 Å². The predicted octanol–water partition coefficient (Wildman–Crippen LogP) is 0.575. The normalized spacial score (nSPS) is 13.0. The van der Waals surface area contributed by atoms with Gasteiger partial charge in [0.05, 0.1) is 0 Å². The van der Waals surface area contributed by atoms with Gasteiger partial charge in [0.1, 0.15) is 0 Å². The van der Waals surface area contributed by atoms with E-state index in [2.05, 4.69) is 4.72 Å². The molecule has 1 amide bonds. The van der Waals surface area contributed by atoms with E-state index in [4.69, 9.17) is 4.55 Å². The highest BCUT2D eigenvalue weighted by Gasteiger charge is 2.04. The van der Waals surface area contributed by atoms with Gasteiger partial charge in [-0.05, 0) is 0 Å². The molecule has 0 unspecified atom stereocenters. The fourth-order valence-corrected chi connectivity index (χ4v) is 1.06. The number of amides is 1. The molecule has 0 aromatic heterocycles. The number of hydrogen-bond donors (Lipinski definition) is 2. The third-order valence-corrected chi connectivity index (χ3v) is 1.18. The maximum absolute atomic E-state index is 10.2. The first-order chi connectivity index (χ1) is 3.42. The highest BCUT2D eigenvalue weighted by atomic mass is 32.3. The number of carbonyl (C=O) groups is 1. The van der Waals surface area contributed by atoms with Crippen molar-refractivity contribution in [3.63, 3.8) is 0 Å². The first-order valence-electron chi connectivity index (χ1n) is 2.16. The van der Waals surface area contributed by atoms with E-state index < -0.39 is 10.5 Å². The molecule has 0 atom stereocenters. The van der Waals surface area contributed by atoms with E-state index in [1.807, 2.05) is 0 Å². The monoisotopic (exact) mass is 137 g/mol. The lowest BCUT2D eigenvalue weighted by Crippen LogP contribution is -2.22. The van der Waals surface area contributed by atoms with E-state index in [9.17, 15) is 4.79 Å². The number of hydrogen-bond acceptors (Lipinski definition) is 2. The molecule has 0 aliphatic rings. The molecule has 0 fully saturated rings. The van der Waals surface area contributed by atoms with Gasteiger partial charge in [-0.25, -0.2) is 0 Å². The van der Waals surface area contributed by atoms with Crippen LogP contribution in [0.4, 0.5) is 0 Å². The average molecular weight is 137 g/mol. The summed E-state index contributed by atoms with van der Waals surface area (Å²) in [5, 5.41) is 0. The third kappa shape index (κ3) is 5.78. The van der Waals surface area contributed by atoms with Gasteiger partial charge in [0, 0.05) is 19.4 Å². The summed E-state index contributed by atoms with van der Waals surface area (Å²) in [5.41, 5.74) is 0. The SMILES string of the molecule is CC(=O)NS(C)(C)O. The van der Waals surface area contributed by atoms with Crippen LogP contribution in [0.25, 0.3) is 0 Å². The summed E-state index contributed by atoms with van der Waals surface area (Å²) in [6.45, 7) is 1.38. The number of carbonyl (C=O) groups excluding carboxylic acids is 1. The van der Waals surface area contributed by atoms with Crippen molar-refractivity contribution in [1.29, 1.82) is 0 Å². The van der Waals surface area contributed by atoms with E-state index in [1.165, 1.54) is 6.92 Å². The molecule has 50 valence electrons. The molecule has 0 aromatic carbocycles. The van der Waals surface area contributed by atoms with E-state index >= 15 is 0 Å². The lowest BCUT2D eigenvalue weighted by atomic mass is 10.8. The van der Waals surface area contributed by atoms with Crippen molar-refractivity contribution in [3.05, 3.63) is 0 Å². The van der Waals surface area contributed by atoms with E-state index in [0.717, 1.165) is 0 Å². The van der Waals surface area contributed by atoms with Gasteiger partial charge in [0.2, 0.25) is 5.91 Å². The molecule has 2 N–H and O–H groups in total. The molecule has 4 heteroatoms. The van der Waals surface area contributed by atoms with E-state index in [-0.39, 0.29) is 5.91 Å². The Balaban J connectivity index is 3.55. The third-order valence-electron chi connectivity index (χ3n) is 0.393. The van der Waals surface area contributed by atoms with Gasteiger partial charge in [0.15, 0.2) is 0 Å². The van der Waals surface area contributed by atoms with Gasteiger partial charge in [-0.3, -0.25) is 9.52 Å². The minimum absolute atomic E-state index is 0.187. The zero-order chi connectivity index (χ0) is 6.78. The summed E-state index contributed by atoms with van der Waals surface area (Å²) in [7, 11) is -1.82. The Morgan fingerprint density at radius 1 is 1.62 bits per heavy atom. The van der Waals surface area contributed by atoms with E-state index in [1.54, 1.807) is 12.5 Å². The van der Waals surface area contributed by atoms with Gasteiger partial charge in [-0.15, -0.1) is 0 Å². The van der Waals surface area contributed by atoms with Crippen molar-refractivity contribution in [2.24, 2.45) is 0 Å². The van der Waals surface area contributed by atoms with Crippen LogP contribution in [0, 0.1) is 0 Å². The van der Waals surface area contributed by atoms with E-state index in [0.29, 0.717) is 0 Å². The van der Waals surface area contributed by atoms with Crippen LogP contribution in [0.15, 0.2) is 0 Å². The molecular weight excluding hydrogens is 126 g/mol. The molecule has 0 aliphatic heterocycles. The van der Waals surface area contributed by atoms with Gasteiger partial charge >= 0.3 is 0 Å². The maximum Gasteiger partial charge on any atom is 0.226 e. The first kappa shape index (κ1) is 7.78. The standard InChI is InChI=1S/C4H11NO2S/c1-4(6)5-8(2,3)7/h7H,1-3H3,(H,5,6). The molecule has 0 aliphatic carbocycles. The topological polar surface area (TPSA) is 49.3 Å². The molecular formula is C4H11NO2S. The Morgan fingerprint density at radius 3 is 2.00 bits per heavy atom. The molecule has 0 saturated carbocycles. The molecule has 8 heavy (non-hydrogen) atoms. The Hall–Kier alpha value is -0.220. The Kier molecular flexibility index (Phi) is 2.30. The summed E-state index contributed by atoms with van der Waals surface area (Å²) in [5.74, 6) is -0.187. The van der Waals surface area contributed by atoms with Crippen molar-refractivity contribution >= 4 is 16.4 Å². The minimum Gasteiger partial charge on any atom is -0.334 e. The minimum atomic E-state index is -1.82. The van der Waals surface area contributed by atoms with Gasteiger partial charge in [-0.1, -0.05) is 10.5 Å². The summed E-state index contributed by atoms with van der Waals surface area (Å²) < 4.78 is 11.3. The molecule has 0 heterocycles. The summed E-state index contributed by atoms with van der Waals surface area (Å²) in [6.07, 6.45) is 3.18. The summed E-state index contributed by atoms with van der Waals surface area (Å²) >= 11 is 0. The van der Waals surface area contributed by atoms with Gasteiger partial charge in [0.25, 0.3) is 0 Å². The van der Waals surface area contributed by atoms with Gasteiger partial charge < -0.3 is 4.55 Å². The largest absolute Gasteiger partial charge is 0.334 e. The maximum atomic E-state index is 10.2. The van der Waals surface area contributed by atoms with Crippen LogP contribution < -0.4 is 4.72 Å². The average Bonchev–Trinajstić information content (AvgIpc) is 1.21. The second kappa shape index (κ2) is 2.37. The number of nitrogens with one attached hydrogen (secondary N) is 1. The molecule has 0 spiro atoms. The molecule has 0 bridgehead atoms. The molecule has 0 saturated heterocycles. The van der Waals surface area contributed by atoms with Crippen LogP contribution in [0.5, 0.6) is 0 Å². The first-order valence-corrected chi connectivity index (χ1v) is 4.56. The smallest absolute Gasteiger partial charge is 0.226 e. The predicted molar refractivity (Wildman–Crippen MR) is 35.9 cm³/mol. The highest BCUT2D eigenvalue weighted by molar-refractivity contribution is 8.26. The van der Waals surface area contributed by atoms with Crippen molar-refractivity contribution in [2.45, 2.75) is 6.92 Å². The van der Waals surface area contributed by atoms with Crippen molar-refractivity contribution in [1.82, 2.24) is 4.72 Å². The Labute approximate surface area is 50.7 Å². The molecule has 0 aromatic rings. The van der Waals surface area contributed by atoms with Gasteiger partial charge in [-0.2, -0.15) is 0 Å². The summed E-state index contributed by atoms with van der Waals surface area (Å²) in [4.78, 5) is 10.2.